The summed E-state index contributed by atoms with van der Waals surface area (Å²) in [6.07, 6.45) is 5.87. The van der Waals surface area contributed by atoms with Crippen LogP contribution in [0.3, 0.4) is 0 Å². The van der Waals surface area contributed by atoms with Gasteiger partial charge in [0.15, 0.2) is 0 Å². The van der Waals surface area contributed by atoms with Gasteiger partial charge in [-0.05, 0) is 6.42 Å². The van der Waals surface area contributed by atoms with Crippen molar-refractivity contribution < 1.29 is 0 Å². The molecule has 0 aromatic heterocycles. The zero-order valence-corrected chi connectivity index (χ0v) is 6.23. The molecule has 0 rings (SSSR count). The second-order valence-electron chi connectivity index (χ2n) is 1.64. The summed E-state index contributed by atoms with van der Waals surface area (Å²) in [4.78, 5) is 0. The highest BCUT2D eigenvalue weighted by Crippen LogP contribution is 1.96. The lowest BCUT2D eigenvalue weighted by Gasteiger charge is -1.87. The lowest BCUT2D eigenvalue weighted by molar-refractivity contribution is 0.814. The Morgan fingerprint density at radius 1 is 1.43 bits per heavy atom. The summed E-state index contributed by atoms with van der Waals surface area (Å²) in [5.74, 6) is 0. The molecule has 0 saturated heterocycles. The van der Waals surface area contributed by atoms with Crippen LogP contribution < -0.4 is 0 Å². The van der Waals surface area contributed by atoms with Crippen LogP contribution in [0, 0.1) is 0 Å². The molecule has 0 aliphatic rings. The van der Waals surface area contributed by atoms with Gasteiger partial charge in [-0.3, -0.25) is 0 Å². The smallest absolute Gasteiger partial charge is 0.00797 e. The summed E-state index contributed by atoms with van der Waals surface area (Å²) >= 11 is 0. The molecule has 41 valence electrons. The van der Waals surface area contributed by atoms with Crippen LogP contribution in [0.5, 0.6) is 0 Å². The minimum absolute atomic E-state index is 1.19. The normalized spacial score (nSPS) is 8.71. The minimum Gasteiger partial charge on any atom is -0.103 e. The SMILES string of the molecule is C=CCCCC[SiH2]. The second kappa shape index (κ2) is 5.96. The zero-order chi connectivity index (χ0) is 5.54. The van der Waals surface area contributed by atoms with Gasteiger partial charge in [0.05, 0.1) is 0 Å². The molecule has 1 heteroatoms. The van der Waals surface area contributed by atoms with E-state index in [1.807, 2.05) is 16.3 Å². The molecule has 0 fully saturated rings. The van der Waals surface area contributed by atoms with E-state index in [0.717, 1.165) is 0 Å². The number of allylic oxidation sites excluding steroid dienone is 1. The van der Waals surface area contributed by atoms with Crippen LogP contribution in [0.1, 0.15) is 19.3 Å². The van der Waals surface area contributed by atoms with Crippen LogP contribution in [-0.2, 0) is 0 Å². The van der Waals surface area contributed by atoms with E-state index in [0.29, 0.717) is 0 Å². The van der Waals surface area contributed by atoms with Gasteiger partial charge >= 0.3 is 0 Å². The molecule has 7 heavy (non-hydrogen) atoms. The molecule has 0 nitrogen and oxygen atoms in total. The Bertz CT molecular complexity index is 41.4. The average Bonchev–Trinajstić information content (AvgIpc) is 1.69. The first-order valence-electron chi connectivity index (χ1n) is 2.82. The van der Waals surface area contributed by atoms with Crippen LogP contribution in [0.2, 0.25) is 6.04 Å². The Labute approximate surface area is 49.0 Å². The van der Waals surface area contributed by atoms with E-state index < -0.39 is 0 Å². The summed E-state index contributed by atoms with van der Waals surface area (Å²) in [5, 5.41) is 0. The lowest BCUT2D eigenvalue weighted by Crippen LogP contribution is -1.70. The Morgan fingerprint density at radius 2 is 2.14 bits per heavy atom. The average molecular weight is 113 g/mol. The predicted molar refractivity (Wildman–Crippen MR) is 37.4 cm³/mol. The molecule has 0 spiro atoms. The van der Waals surface area contributed by atoms with E-state index in [2.05, 4.69) is 6.58 Å². The lowest BCUT2D eigenvalue weighted by atomic mass is 10.2. The second-order valence-corrected chi connectivity index (χ2v) is 2.35. The summed E-state index contributed by atoms with van der Waals surface area (Å²) < 4.78 is 0. The molecule has 1 radical (unpaired) electrons. The van der Waals surface area contributed by atoms with Gasteiger partial charge in [-0.1, -0.05) is 25.0 Å². The van der Waals surface area contributed by atoms with Crippen molar-refractivity contribution in [1.29, 1.82) is 0 Å². The first-order chi connectivity index (χ1) is 3.41. The minimum atomic E-state index is 1.19. The summed E-state index contributed by atoms with van der Waals surface area (Å²) in [6, 6.07) is 1.34. The van der Waals surface area contributed by atoms with Gasteiger partial charge in [-0.25, -0.2) is 0 Å². The first kappa shape index (κ1) is 6.96. The maximum Gasteiger partial charge on any atom is 0.00797 e. The molecule has 0 atom stereocenters. The molecule has 0 saturated carbocycles. The topological polar surface area (TPSA) is 0 Å². The highest BCUT2D eigenvalue weighted by atomic mass is 28.1. The van der Waals surface area contributed by atoms with Gasteiger partial charge in [0, 0.05) is 10.2 Å². The van der Waals surface area contributed by atoms with Gasteiger partial charge in [0.1, 0.15) is 0 Å². The fourth-order valence-electron chi connectivity index (χ4n) is 0.465. The van der Waals surface area contributed by atoms with Crippen molar-refractivity contribution in [2.75, 3.05) is 0 Å². The molecule has 0 heterocycles. The van der Waals surface area contributed by atoms with Crippen LogP contribution in [0.25, 0.3) is 0 Å². The Morgan fingerprint density at radius 3 is 2.57 bits per heavy atom. The van der Waals surface area contributed by atoms with E-state index in [9.17, 15) is 0 Å². The maximum absolute atomic E-state index is 3.63. The number of hydrogen-bond donors (Lipinski definition) is 0. The van der Waals surface area contributed by atoms with Crippen molar-refractivity contribution >= 4 is 10.2 Å². The van der Waals surface area contributed by atoms with Gasteiger partial charge < -0.3 is 0 Å². The molecule has 0 aliphatic carbocycles. The molecule has 0 amide bonds. The van der Waals surface area contributed by atoms with Crippen molar-refractivity contribution in [3.05, 3.63) is 12.7 Å². The van der Waals surface area contributed by atoms with Gasteiger partial charge in [0.2, 0.25) is 0 Å². The molecule has 0 aromatic carbocycles. The molecule has 0 aromatic rings. The third-order valence-corrected chi connectivity index (χ3v) is 1.41. The largest absolute Gasteiger partial charge is 0.103 e. The molecular weight excluding hydrogens is 100 g/mol. The van der Waals surface area contributed by atoms with Gasteiger partial charge in [-0.15, -0.1) is 6.58 Å². The predicted octanol–water partition coefficient (Wildman–Crippen LogP) is 1.39. The fraction of sp³-hybridized carbons (Fsp3) is 0.667. The van der Waals surface area contributed by atoms with E-state index in [-0.39, 0.29) is 0 Å². The van der Waals surface area contributed by atoms with E-state index in [4.69, 9.17) is 0 Å². The first-order valence-corrected chi connectivity index (χ1v) is 3.82. The molecule has 0 unspecified atom stereocenters. The van der Waals surface area contributed by atoms with Crippen molar-refractivity contribution in [3.63, 3.8) is 0 Å². The Hall–Kier alpha value is -0.0431. The van der Waals surface area contributed by atoms with Crippen molar-refractivity contribution in [3.8, 4) is 0 Å². The third kappa shape index (κ3) is 5.96. The molecular formula is C6H13Si. The quantitative estimate of drug-likeness (QED) is 0.294. The molecule has 0 bridgehead atoms. The van der Waals surface area contributed by atoms with E-state index in [1.54, 1.807) is 0 Å². The summed E-state index contributed by atoms with van der Waals surface area (Å²) in [7, 11) is 2.04. The van der Waals surface area contributed by atoms with Crippen LogP contribution >= 0.6 is 0 Å². The summed E-state index contributed by atoms with van der Waals surface area (Å²) in [5.41, 5.74) is 0. The van der Waals surface area contributed by atoms with Crippen LogP contribution in [-0.4, -0.2) is 10.2 Å². The van der Waals surface area contributed by atoms with Crippen molar-refractivity contribution in [1.82, 2.24) is 0 Å². The van der Waals surface area contributed by atoms with Gasteiger partial charge in [-0.2, -0.15) is 0 Å². The highest BCUT2D eigenvalue weighted by Gasteiger charge is 1.77. The fourth-order valence-corrected chi connectivity index (χ4v) is 0.819. The van der Waals surface area contributed by atoms with Crippen LogP contribution in [0.15, 0.2) is 12.7 Å². The Balaban J connectivity index is 2.56. The molecule has 0 aliphatic heterocycles. The maximum atomic E-state index is 3.63. The standard InChI is InChI=1S/C6H13Si/c1-2-3-4-5-6-7/h2H,1,3-7H2. The number of hydrogen-bond acceptors (Lipinski definition) is 0. The van der Waals surface area contributed by atoms with E-state index >= 15 is 0 Å². The summed E-state index contributed by atoms with van der Waals surface area (Å²) in [6.45, 7) is 3.63. The zero-order valence-electron chi connectivity index (χ0n) is 4.82. The van der Waals surface area contributed by atoms with Crippen molar-refractivity contribution in [2.24, 2.45) is 0 Å². The van der Waals surface area contributed by atoms with E-state index in [1.165, 1.54) is 25.3 Å². The highest BCUT2D eigenvalue weighted by molar-refractivity contribution is 6.08. The third-order valence-electron chi connectivity index (χ3n) is 0.908. The molecule has 0 N–H and O–H groups in total. The number of unbranched alkanes of at least 4 members (excludes halogenated alkanes) is 2. The Kier molecular flexibility index (Phi) is 5.92. The number of rotatable bonds is 4. The van der Waals surface area contributed by atoms with Crippen molar-refractivity contribution in [2.45, 2.75) is 25.3 Å². The van der Waals surface area contributed by atoms with Crippen LogP contribution in [0.4, 0.5) is 0 Å². The van der Waals surface area contributed by atoms with Gasteiger partial charge in [0.25, 0.3) is 0 Å². The monoisotopic (exact) mass is 113 g/mol.